The first-order valence-corrected chi connectivity index (χ1v) is 9.11. The molecule has 0 saturated carbocycles. The number of hydrogen-bond donors (Lipinski definition) is 1. The van der Waals surface area contributed by atoms with Crippen molar-refractivity contribution in [1.82, 2.24) is 4.90 Å². The van der Waals surface area contributed by atoms with Crippen molar-refractivity contribution in [1.29, 1.82) is 0 Å². The summed E-state index contributed by atoms with van der Waals surface area (Å²) < 4.78 is 6.03. The maximum Gasteiger partial charge on any atom is 0.310 e. The Kier molecular flexibility index (Phi) is 3.49. The molecule has 2 aromatic rings. The number of nitrogens with zero attached hydrogens (tertiary/aromatic N) is 1. The molecule has 27 heavy (non-hydrogen) atoms. The molecule has 0 aliphatic carbocycles. The number of ether oxygens (including phenoxy) is 1. The number of likely N-dealkylation sites (tertiary alicyclic amines) is 1. The fraction of sp³-hybridized carbons (Fsp3) is 0.273. The average molecular weight is 361 g/mol. The lowest BCUT2D eigenvalue weighted by Crippen LogP contribution is -2.39. The van der Waals surface area contributed by atoms with Crippen LogP contribution in [0.5, 0.6) is 0 Å². The Morgan fingerprint density at radius 2 is 1.67 bits per heavy atom. The number of carboxylic acids is 1. The number of fused-ring (bicyclic) bond motifs is 1. The second-order valence-electron chi connectivity index (χ2n) is 7.43. The van der Waals surface area contributed by atoms with E-state index in [-0.39, 0.29) is 11.9 Å². The van der Waals surface area contributed by atoms with E-state index in [4.69, 9.17) is 4.74 Å². The number of hydrogen-bond acceptors (Lipinski definition) is 3. The van der Waals surface area contributed by atoms with Crippen LogP contribution in [-0.2, 0) is 14.3 Å². The van der Waals surface area contributed by atoms with Gasteiger partial charge in [-0.3, -0.25) is 9.59 Å². The highest BCUT2D eigenvalue weighted by Gasteiger charge is 2.67. The first kappa shape index (κ1) is 16.3. The van der Waals surface area contributed by atoms with Gasteiger partial charge in [0.15, 0.2) is 0 Å². The van der Waals surface area contributed by atoms with Gasteiger partial charge in [-0.25, -0.2) is 0 Å². The van der Waals surface area contributed by atoms with E-state index < -0.39 is 29.5 Å². The molecule has 0 radical (unpaired) electrons. The fourth-order valence-electron chi connectivity index (χ4n) is 4.85. The lowest BCUT2D eigenvalue weighted by atomic mass is 9.77. The summed E-state index contributed by atoms with van der Waals surface area (Å²) in [7, 11) is 0. The Hall–Kier alpha value is -2.92. The van der Waals surface area contributed by atoms with Gasteiger partial charge in [-0.1, -0.05) is 72.8 Å². The summed E-state index contributed by atoms with van der Waals surface area (Å²) in [5, 5.41) is 9.67. The van der Waals surface area contributed by atoms with E-state index in [1.165, 1.54) is 0 Å². The Bertz CT molecular complexity index is 886. The summed E-state index contributed by atoms with van der Waals surface area (Å²) in [5.74, 6) is -2.60. The molecular weight excluding hydrogens is 342 g/mol. The van der Waals surface area contributed by atoms with Crippen molar-refractivity contribution in [2.24, 2.45) is 11.8 Å². The zero-order chi connectivity index (χ0) is 18.6. The van der Waals surface area contributed by atoms with Crippen LogP contribution in [0.4, 0.5) is 0 Å². The normalized spacial score (nSPS) is 30.9. The van der Waals surface area contributed by atoms with Crippen LogP contribution in [-0.4, -0.2) is 40.1 Å². The summed E-state index contributed by atoms with van der Waals surface area (Å²) in [6.45, 7) is 0.363. The van der Waals surface area contributed by atoms with Crippen molar-refractivity contribution >= 4 is 11.9 Å². The summed E-state index contributed by atoms with van der Waals surface area (Å²) in [6, 6.07) is 19.4. The molecule has 0 unspecified atom stereocenters. The highest BCUT2D eigenvalue weighted by atomic mass is 16.5. The van der Waals surface area contributed by atoms with Gasteiger partial charge >= 0.3 is 5.97 Å². The van der Waals surface area contributed by atoms with Crippen LogP contribution in [0.1, 0.15) is 17.2 Å². The SMILES string of the molecule is O=C(O)[C@H]1[C@@H]2C=C[C@@]3(CN(C(c4ccccc4)c4ccccc4)C(=O)[C@@H]13)O2. The van der Waals surface area contributed by atoms with Gasteiger partial charge in [-0.15, -0.1) is 0 Å². The van der Waals surface area contributed by atoms with E-state index in [9.17, 15) is 14.7 Å². The lowest BCUT2D eigenvalue weighted by molar-refractivity contribution is -0.148. The van der Waals surface area contributed by atoms with Gasteiger partial charge in [-0.05, 0) is 11.1 Å². The van der Waals surface area contributed by atoms with Gasteiger partial charge in [-0.2, -0.15) is 0 Å². The maximum atomic E-state index is 13.4. The van der Waals surface area contributed by atoms with E-state index in [0.717, 1.165) is 11.1 Å². The third kappa shape index (κ3) is 2.28. The van der Waals surface area contributed by atoms with Gasteiger partial charge in [0.1, 0.15) is 11.5 Å². The van der Waals surface area contributed by atoms with E-state index in [1.807, 2.05) is 66.7 Å². The third-order valence-corrected chi connectivity index (χ3v) is 5.96. The van der Waals surface area contributed by atoms with Crippen LogP contribution in [0.3, 0.4) is 0 Å². The Labute approximate surface area is 156 Å². The molecule has 3 aliphatic heterocycles. The summed E-state index contributed by atoms with van der Waals surface area (Å²) in [6.07, 6.45) is 3.18. The molecule has 3 heterocycles. The number of carbonyl (C=O) groups excluding carboxylic acids is 1. The average Bonchev–Trinajstić information content (AvgIpc) is 3.32. The first-order valence-electron chi connectivity index (χ1n) is 9.11. The van der Waals surface area contributed by atoms with Crippen molar-refractivity contribution in [2.75, 3.05) is 6.54 Å². The van der Waals surface area contributed by atoms with Crippen molar-refractivity contribution < 1.29 is 19.4 Å². The molecule has 5 heteroatoms. The van der Waals surface area contributed by atoms with Crippen LogP contribution in [0.15, 0.2) is 72.8 Å². The predicted octanol–water partition coefficient (Wildman–Crippen LogP) is 2.64. The summed E-state index contributed by atoms with van der Waals surface area (Å²) in [4.78, 5) is 27.0. The van der Waals surface area contributed by atoms with E-state index >= 15 is 0 Å². The van der Waals surface area contributed by atoms with Gasteiger partial charge < -0.3 is 14.7 Å². The Balaban J connectivity index is 1.59. The Morgan fingerprint density at radius 3 is 2.22 bits per heavy atom. The first-order chi connectivity index (χ1) is 13.1. The monoisotopic (exact) mass is 361 g/mol. The Morgan fingerprint density at radius 1 is 1.07 bits per heavy atom. The van der Waals surface area contributed by atoms with E-state index in [1.54, 1.807) is 11.0 Å². The predicted molar refractivity (Wildman–Crippen MR) is 97.8 cm³/mol. The molecule has 1 N–H and O–H groups in total. The van der Waals surface area contributed by atoms with Gasteiger partial charge in [0, 0.05) is 0 Å². The molecule has 5 rings (SSSR count). The zero-order valence-electron chi connectivity index (χ0n) is 14.6. The molecule has 5 nitrogen and oxygen atoms in total. The van der Waals surface area contributed by atoms with Gasteiger partial charge in [0.25, 0.3) is 0 Å². The number of carbonyl (C=O) groups is 2. The number of carboxylic acid groups (broad SMARTS) is 1. The van der Waals surface area contributed by atoms with Gasteiger partial charge in [0.2, 0.25) is 5.91 Å². The second-order valence-corrected chi connectivity index (χ2v) is 7.43. The van der Waals surface area contributed by atoms with Crippen LogP contribution in [0.2, 0.25) is 0 Å². The minimum atomic E-state index is -0.970. The zero-order valence-corrected chi connectivity index (χ0v) is 14.6. The molecule has 2 saturated heterocycles. The second kappa shape index (κ2) is 5.79. The minimum Gasteiger partial charge on any atom is -0.481 e. The molecule has 4 atom stereocenters. The van der Waals surface area contributed by atoms with Crippen LogP contribution in [0.25, 0.3) is 0 Å². The molecule has 2 fully saturated rings. The van der Waals surface area contributed by atoms with E-state index in [2.05, 4.69) is 0 Å². The number of rotatable bonds is 4. The number of benzene rings is 2. The van der Waals surface area contributed by atoms with Crippen molar-refractivity contribution in [3.05, 3.63) is 83.9 Å². The van der Waals surface area contributed by atoms with Crippen LogP contribution < -0.4 is 0 Å². The smallest absolute Gasteiger partial charge is 0.310 e. The molecule has 0 aromatic heterocycles. The highest BCUT2D eigenvalue weighted by Crippen LogP contribution is 2.53. The van der Waals surface area contributed by atoms with Crippen molar-refractivity contribution in [3.8, 4) is 0 Å². The molecule has 3 aliphatic rings. The molecule has 2 bridgehead atoms. The molecule has 2 aromatic carbocycles. The molecule has 1 spiro atoms. The largest absolute Gasteiger partial charge is 0.481 e. The molecule has 136 valence electrons. The van der Waals surface area contributed by atoms with Crippen molar-refractivity contribution in [2.45, 2.75) is 17.7 Å². The quantitative estimate of drug-likeness (QED) is 0.850. The number of amides is 1. The number of aliphatic carboxylic acids is 1. The summed E-state index contributed by atoms with van der Waals surface area (Å²) >= 11 is 0. The topological polar surface area (TPSA) is 66.8 Å². The van der Waals surface area contributed by atoms with Crippen LogP contribution in [0, 0.1) is 11.8 Å². The maximum absolute atomic E-state index is 13.4. The standard InChI is InChI=1S/C22H19NO4/c24-20-18-17(21(25)26)16-11-12-22(18,27-16)13-23(20)19(14-7-3-1-4-8-14)15-9-5-2-6-10-15/h1-12,16-19H,13H2,(H,25,26)/t16-,17-,18+,22-/m0/s1. The summed E-state index contributed by atoms with van der Waals surface area (Å²) in [5.41, 5.74) is 1.17. The van der Waals surface area contributed by atoms with Crippen LogP contribution >= 0.6 is 0 Å². The third-order valence-electron chi connectivity index (χ3n) is 5.96. The highest BCUT2D eigenvalue weighted by molar-refractivity contribution is 5.91. The molecular formula is C22H19NO4. The molecule has 1 amide bonds. The van der Waals surface area contributed by atoms with Gasteiger partial charge in [0.05, 0.1) is 24.6 Å². The lowest BCUT2D eigenvalue weighted by Gasteiger charge is -2.31. The minimum absolute atomic E-state index is 0.146. The van der Waals surface area contributed by atoms with Crippen molar-refractivity contribution in [3.63, 3.8) is 0 Å². The van der Waals surface area contributed by atoms with E-state index in [0.29, 0.717) is 6.54 Å². The fourth-order valence-corrected chi connectivity index (χ4v) is 4.85.